The predicted molar refractivity (Wildman–Crippen MR) is 114 cm³/mol. The lowest BCUT2D eigenvalue weighted by Crippen LogP contribution is -2.48. The van der Waals surface area contributed by atoms with Crippen molar-refractivity contribution in [2.45, 2.75) is 11.3 Å². The van der Waals surface area contributed by atoms with Gasteiger partial charge in [0.1, 0.15) is 0 Å². The van der Waals surface area contributed by atoms with E-state index in [0.29, 0.717) is 23.0 Å². The summed E-state index contributed by atoms with van der Waals surface area (Å²) in [7, 11) is -3.48. The SMILES string of the molecule is O=S(=O)(c1ccc2cc(Cl)ccc2c1)N1CCN(CCc2ccccc2)CC1. The first-order chi connectivity index (χ1) is 13.5. The van der Waals surface area contributed by atoms with E-state index in [0.717, 1.165) is 36.8 Å². The summed E-state index contributed by atoms with van der Waals surface area (Å²) in [6.07, 6.45) is 0.987. The Labute approximate surface area is 171 Å². The average molecular weight is 415 g/mol. The molecule has 0 radical (unpaired) electrons. The summed E-state index contributed by atoms with van der Waals surface area (Å²) in [6.45, 7) is 3.52. The summed E-state index contributed by atoms with van der Waals surface area (Å²) in [4.78, 5) is 2.68. The highest BCUT2D eigenvalue weighted by atomic mass is 35.5. The Morgan fingerprint density at radius 1 is 0.821 bits per heavy atom. The van der Waals surface area contributed by atoms with Gasteiger partial charge in [-0.1, -0.05) is 54.1 Å². The quantitative estimate of drug-likeness (QED) is 0.632. The van der Waals surface area contributed by atoms with Crippen molar-refractivity contribution in [2.75, 3.05) is 32.7 Å². The second-order valence-corrected chi connectivity index (χ2v) is 9.51. The van der Waals surface area contributed by atoms with Crippen LogP contribution in [0.2, 0.25) is 5.02 Å². The van der Waals surface area contributed by atoms with Crippen LogP contribution in [0.5, 0.6) is 0 Å². The minimum Gasteiger partial charge on any atom is -0.300 e. The van der Waals surface area contributed by atoms with Crippen molar-refractivity contribution in [3.8, 4) is 0 Å². The monoisotopic (exact) mass is 414 g/mol. The van der Waals surface area contributed by atoms with Crippen LogP contribution in [-0.4, -0.2) is 50.3 Å². The van der Waals surface area contributed by atoms with E-state index in [2.05, 4.69) is 29.2 Å². The Hall–Kier alpha value is -1.92. The zero-order chi connectivity index (χ0) is 19.6. The number of benzene rings is 3. The van der Waals surface area contributed by atoms with Crippen molar-refractivity contribution in [1.29, 1.82) is 0 Å². The van der Waals surface area contributed by atoms with Crippen LogP contribution in [-0.2, 0) is 16.4 Å². The van der Waals surface area contributed by atoms with Gasteiger partial charge in [-0.3, -0.25) is 0 Å². The van der Waals surface area contributed by atoms with Crippen molar-refractivity contribution in [3.63, 3.8) is 0 Å². The van der Waals surface area contributed by atoms with Crippen LogP contribution in [0.25, 0.3) is 10.8 Å². The van der Waals surface area contributed by atoms with Gasteiger partial charge in [0.2, 0.25) is 10.0 Å². The molecule has 0 aliphatic carbocycles. The highest BCUT2D eigenvalue weighted by Crippen LogP contribution is 2.25. The van der Waals surface area contributed by atoms with Gasteiger partial charge in [-0.05, 0) is 47.0 Å². The van der Waals surface area contributed by atoms with E-state index in [1.165, 1.54) is 5.56 Å². The van der Waals surface area contributed by atoms with Gasteiger partial charge in [0.05, 0.1) is 4.90 Å². The number of sulfonamides is 1. The molecule has 28 heavy (non-hydrogen) atoms. The molecule has 3 aromatic rings. The molecule has 1 saturated heterocycles. The third kappa shape index (κ3) is 4.23. The molecule has 0 amide bonds. The fraction of sp³-hybridized carbons (Fsp3) is 0.273. The number of hydrogen-bond acceptors (Lipinski definition) is 3. The molecule has 0 bridgehead atoms. The summed E-state index contributed by atoms with van der Waals surface area (Å²) in [5, 5.41) is 2.47. The fourth-order valence-corrected chi connectivity index (χ4v) is 5.27. The zero-order valence-corrected chi connectivity index (χ0v) is 17.2. The van der Waals surface area contributed by atoms with Crippen LogP contribution in [0, 0.1) is 0 Å². The van der Waals surface area contributed by atoms with Gasteiger partial charge in [0.15, 0.2) is 0 Å². The molecule has 0 atom stereocenters. The van der Waals surface area contributed by atoms with E-state index in [9.17, 15) is 8.42 Å². The molecule has 146 valence electrons. The lowest BCUT2D eigenvalue weighted by Gasteiger charge is -2.34. The van der Waals surface area contributed by atoms with Gasteiger partial charge in [-0.15, -0.1) is 0 Å². The molecule has 0 saturated carbocycles. The van der Waals surface area contributed by atoms with E-state index < -0.39 is 10.0 Å². The van der Waals surface area contributed by atoms with Gasteiger partial charge in [-0.2, -0.15) is 4.31 Å². The lowest BCUT2D eigenvalue weighted by molar-refractivity contribution is 0.190. The van der Waals surface area contributed by atoms with Crippen LogP contribution in [0.15, 0.2) is 71.6 Å². The van der Waals surface area contributed by atoms with E-state index in [-0.39, 0.29) is 0 Å². The van der Waals surface area contributed by atoms with E-state index in [1.54, 1.807) is 22.5 Å². The Morgan fingerprint density at radius 3 is 2.25 bits per heavy atom. The van der Waals surface area contributed by atoms with Crippen molar-refractivity contribution in [3.05, 3.63) is 77.3 Å². The third-order valence-corrected chi connectivity index (χ3v) is 7.43. The zero-order valence-electron chi connectivity index (χ0n) is 15.6. The summed E-state index contributed by atoms with van der Waals surface area (Å²) in [5.74, 6) is 0. The van der Waals surface area contributed by atoms with Gasteiger partial charge < -0.3 is 4.90 Å². The standard InChI is InChI=1S/C22H23ClN2O2S/c23-21-8-6-20-17-22(9-7-19(20)16-21)28(26,27)25-14-12-24(13-15-25)11-10-18-4-2-1-3-5-18/h1-9,16-17H,10-15H2. The molecular weight excluding hydrogens is 392 g/mol. The first-order valence-corrected chi connectivity index (χ1v) is 11.3. The van der Waals surface area contributed by atoms with Gasteiger partial charge in [-0.25, -0.2) is 8.42 Å². The summed E-state index contributed by atoms with van der Waals surface area (Å²) < 4.78 is 27.7. The first kappa shape index (κ1) is 19.4. The number of fused-ring (bicyclic) bond motifs is 1. The molecule has 1 aliphatic rings. The molecule has 0 aromatic heterocycles. The van der Waals surface area contributed by atoms with Crippen molar-refractivity contribution in [2.24, 2.45) is 0 Å². The second-order valence-electron chi connectivity index (χ2n) is 7.13. The van der Waals surface area contributed by atoms with Crippen LogP contribution in [0.3, 0.4) is 0 Å². The van der Waals surface area contributed by atoms with Crippen molar-refractivity contribution >= 4 is 32.4 Å². The second kappa shape index (κ2) is 8.21. The average Bonchev–Trinajstić information content (AvgIpc) is 2.73. The molecule has 3 aromatic carbocycles. The maximum absolute atomic E-state index is 13.1. The Kier molecular flexibility index (Phi) is 5.69. The molecule has 0 unspecified atom stereocenters. The normalized spacial score (nSPS) is 16.5. The Morgan fingerprint density at radius 2 is 1.50 bits per heavy atom. The molecule has 4 rings (SSSR count). The highest BCUT2D eigenvalue weighted by Gasteiger charge is 2.28. The molecule has 1 heterocycles. The summed E-state index contributed by atoms with van der Waals surface area (Å²) in [5.41, 5.74) is 1.31. The lowest BCUT2D eigenvalue weighted by atomic mass is 10.1. The maximum atomic E-state index is 13.1. The van der Waals surface area contributed by atoms with E-state index in [4.69, 9.17) is 11.6 Å². The number of nitrogens with zero attached hydrogens (tertiary/aromatic N) is 2. The molecule has 0 spiro atoms. The molecule has 1 aliphatic heterocycles. The van der Waals surface area contributed by atoms with Gasteiger partial charge in [0, 0.05) is 37.7 Å². The molecule has 0 N–H and O–H groups in total. The molecule has 1 fully saturated rings. The predicted octanol–water partition coefficient (Wildman–Crippen LogP) is 4.04. The minimum absolute atomic E-state index is 0.347. The van der Waals surface area contributed by atoms with E-state index >= 15 is 0 Å². The van der Waals surface area contributed by atoms with Crippen LogP contribution in [0.1, 0.15) is 5.56 Å². The fourth-order valence-electron chi connectivity index (χ4n) is 3.63. The summed E-state index contributed by atoms with van der Waals surface area (Å²) in [6, 6.07) is 21.1. The van der Waals surface area contributed by atoms with Crippen molar-refractivity contribution < 1.29 is 8.42 Å². The number of rotatable bonds is 5. The van der Waals surface area contributed by atoms with Crippen LogP contribution >= 0.6 is 11.6 Å². The first-order valence-electron chi connectivity index (χ1n) is 9.48. The Bertz CT molecular complexity index is 1060. The van der Waals surface area contributed by atoms with Crippen molar-refractivity contribution in [1.82, 2.24) is 9.21 Å². The number of piperazine rings is 1. The van der Waals surface area contributed by atoms with Crippen LogP contribution < -0.4 is 0 Å². The Balaban J connectivity index is 1.41. The third-order valence-electron chi connectivity index (χ3n) is 5.30. The van der Waals surface area contributed by atoms with Crippen LogP contribution in [0.4, 0.5) is 0 Å². The highest BCUT2D eigenvalue weighted by molar-refractivity contribution is 7.89. The molecule has 4 nitrogen and oxygen atoms in total. The van der Waals surface area contributed by atoms with Gasteiger partial charge >= 0.3 is 0 Å². The molecule has 6 heteroatoms. The largest absolute Gasteiger partial charge is 0.300 e. The minimum atomic E-state index is -3.48. The number of hydrogen-bond donors (Lipinski definition) is 0. The van der Waals surface area contributed by atoms with E-state index in [1.807, 2.05) is 24.3 Å². The summed E-state index contributed by atoms with van der Waals surface area (Å²) >= 11 is 6.02. The topological polar surface area (TPSA) is 40.6 Å². The molecular formula is C22H23ClN2O2S. The smallest absolute Gasteiger partial charge is 0.243 e. The van der Waals surface area contributed by atoms with Gasteiger partial charge in [0.25, 0.3) is 0 Å². The maximum Gasteiger partial charge on any atom is 0.243 e. The number of halogens is 1.